The Kier molecular flexibility index (Phi) is 2.42. The first-order valence-corrected chi connectivity index (χ1v) is 5.96. The quantitative estimate of drug-likeness (QED) is 0.717. The second-order valence-corrected chi connectivity index (χ2v) is 5.51. The molecule has 0 aromatic heterocycles. The molecular formula is C11H13NOS. The number of fused-ring (bicyclic) bond motifs is 1. The van der Waals surface area contributed by atoms with E-state index in [1.165, 1.54) is 10.6 Å². The molecule has 1 aromatic rings. The predicted octanol–water partition coefficient (Wildman–Crippen LogP) is 2.48. The van der Waals surface area contributed by atoms with Crippen molar-refractivity contribution in [2.24, 2.45) is 0 Å². The number of Topliss-reactive ketones (excluding diaryl/α,β-unsaturated/α-hetero) is 1. The van der Waals surface area contributed by atoms with Crippen LogP contribution in [0, 0.1) is 0 Å². The summed E-state index contributed by atoms with van der Waals surface area (Å²) in [5.74, 6) is 0.152. The molecule has 1 heterocycles. The monoisotopic (exact) mass is 207 g/mol. The van der Waals surface area contributed by atoms with Gasteiger partial charge in [-0.3, -0.25) is 4.79 Å². The van der Waals surface area contributed by atoms with E-state index in [2.05, 4.69) is 24.4 Å². The summed E-state index contributed by atoms with van der Waals surface area (Å²) >= 11 is 0. The van der Waals surface area contributed by atoms with Gasteiger partial charge in [-0.05, 0) is 26.0 Å². The molecule has 0 spiro atoms. The Morgan fingerprint density at radius 2 is 2.21 bits per heavy atom. The fourth-order valence-electron chi connectivity index (χ4n) is 1.61. The normalized spacial score (nSPS) is 24.4. The van der Waals surface area contributed by atoms with Crippen molar-refractivity contribution >= 4 is 27.3 Å². The average Bonchev–Trinajstić information content (AvgIpc) is 2.43. The number of hydrogen-bond donors (Lipinski definition) is 1. The molecule has 2 nitrogen and oxygen atoms in total. The average molecular weight is 207 g/mol. The van der Waals surface area contributed by atoms with E-state index in [0.717, 1.165) is 0 Å². The number of carbonyl (C=O) groups is 1. The maximum atomic E-state index is 11.1. The second kappa shape index (κ2) is 3.58. The molecule has 0 saturated carbocycles. The first-order chi connectivity index (χ1) is 6.68. The summed E-state index contributed by atoms with van der Waals surface area (Å²) in [6.45, 7) is 3.73. The van der Waals surface area contributed by atoms with Crippen molar-refractivity contribution in [2.45, 2.75) is 24.1 Å². The first-order valence-electron chi connectivity index (χ1n) is 4.61. The predicted molar refractivity (Wildman–Crippen MR) is 62.1 cm³/mol. The van der Waals surface area contributed by atoms with Crippen molar-refractivity contribution in [1.82, 2.24) is 0 Å². The van der Waals surface area contributed by atoms with Gasteiger partial charge in [-0.1, -0.05) is 12.1 Å². The lowest BCUT2D eigenvalue weighted by Crippen LogP contribution is -2.06. The fourth-order valence-corrected chi connectivity index (χ4v) is 3.55. The van der Waals surface area contributed by atoms with E-state index in [0.29, 0.717) is 5.37 Å². The molecule has 3 heteroatoms. The van der Waals surface area contributed by atoms with Gasteiger partial charge in [-0.15, -0.1) is 10.5 Å². The highest BCUT2D eigenvalue weighted by Crippen LogP contribution is 2.43. The molecule has 0 fully saturated rings. The summed E-state index contributed by atoms with van der Waals surface area (Å²) in [6.07, 6.45) is 0. The number of nitrogens with one attached hydrogen (secondary N) is 1. The van der Waals surface area contributed by atoms with E-state index in [9.17, 15) is 4.79 Å². The molecule has 1 aliphatic heterocycles. The van der Waals surface area contributed by atoms with Crippen molar-refractivity contribution in [3.8, 4) is 0 Å². The van der Waals surface area contributed by atoms with Gasteiger partial charge in [-0.2, -0.15) is 0 Å². The van der Waals surface area contributed by atoms with E-state index in [1.54, 1.807) is 6.92 Å². The van der Waals surface area contributed by atoms with Gasteiger partial charge in [0.1, 0.15) is 0 Å². The van der Waals surface area contributed by atoms with Crippen LogP contribution in [0.4, 0.5) is 5.69 Å². The Hall–Kier alpha value is -1.09. The van der Waals surface area contributed by atoms with Crippen LogP contribution in [-0.2, 0) is 4.79 Å². The van der Waals surface area contributed by atoms with Crippen LogP contribution in [0.15, 0.2) is 29.2 Å². The summed E-state index contributed by atoms with van der Waals surface area (Å²) in [5, 5.41) is 5.55. The molecule has 0 amide bonds. The minimum absolute atomic E-state index is 0.0627. The number of anilines is 1. The molecule has 1 N–H and O–H groups in total. The van der Waals surface area contributed by atoms with Crippen molar-refractivity contribution in [1.29, 1.82) is 0 Å². The van der Waals surface area contributed by atoms with Crippen LogP contribution in [0.2, 0.25) is 0 Å². The lowest BCUT2D eigenvalue weighted by Gasteiger charge is -2.06. The first kappa shape index (κ1) is 9.46. The van der Waals surface area contributed by atoms with Gasteiger partial charge in [0.25, 0.3) is 0 Å². The summed E-state index contributed by atoms with van der Waals surface area (Å²) in [6, 6.07) is 8.19. The third kappa shape index (κ3) is 1.60. The van der Waals surface area contributed by atoms with Crippen molar-refractivity contribution < 1.29 is 4.79 Å². The third-order valence-electron chi connectivity index (χ3n) is 2.17. The molecule has 74 valence electrons. The lowest BCUT2D eigenvalue weighted by atomic mass is 10.3. The highest BCUT2D eigenvalue weighted by atomic mass is 32.2. The van der Waals surface area contributed by atoms with Gasteiger partial charge in [-0.25, -0.2) is 0 Å². The van der Waals surface area contributed by atoms with Crippen LogP contribution in [0.25, 0.3) is 0 Å². The van der Waals surface area contributed by atoms with Crippen molar-refractivity contribution in [2.75, 3.05) is 5.32 Å². The highest BCUT2D eigenvalue weighted by Gasteiger charge is 2.20. The third-order valence-corrected chi connectivity index (χ3v) is 4.50. The van der Waals surface area contributed by atoms with Gasteiger partial charge in [0.2, 0.25) is 0 Å². The molecule has 2 unspecified atom stereocenters. The zero-order valence-corrected chi connectivity index (χ0v) is 9.10. The van der Waals surface area contributed by atoms with Gasteiger partial charge in [0, 0.05) is 16.0 Å². The highest BCUT2D eigenvalue weighted by molar-refractivity contribution is 8.16. The molecule has 14 heavy (non-hydrogen) atoms. The Morgan fingerprint density at radius 1 is 1.50 bits per heavy atom. The Balaban J connectivity index is 2.50. The van der Waals surface area contributed by atoms with Crippen LogP contribution in [0.3, 0.4) is 0 Å². The number of hydrogen-bond acceptors (Lipinski definition) is 2. The minimum Gasteiger partial charge on any atom is -0.373 e. The van der Waals surface area contributed by atoms with Crippen LogP contribution in [0.5, 0.6) is 0 Å². The van der Waals surface area contributed by atoms with Crippen LogP contribution < -0.4 is 5.32 Å². The summed E-state index contributed by atoms with van der Waals surface area (Å²) in [5.41, 5.74) is 1.17. The molecule has 1 aliphatic rings. The van der Waals surface area contributed by atoms with Gasteiger partial charge < -0.3 is 5.32 Å². The zero-order valence-electron chi connectivity index (χ0n) is 8.28. The summed E-state index contributed by atoms with van der Waals surface area (Å²) in [4.78, 5) is 12.3. The van der Waals surface area contributed by atoms with Crippen LogP contribution in [0.1, 0.15) is 13.8 Å². The van der Waals surface area contributed by atoms with Crippen molar-refractivity contribution in [3.63, 3.8) is 0 Å². The standard InChI is InChI=1S/C11H13NOS/c1-8(13)7-14-9(2)12-10-5-3-4-6-11(10)14/h3-7,9,12H,1-2H3. The van der Waals surface area contributed by atoms with E-state index >= 15 is 0 Å². The van der Waals surface area contributed by atoms with Crippen molar-refractivity contribution in [3.05, 3.63) is 24.3 Å². The molecule has 0 saturated heterocycles. The maximum absolute atomic E-state index is 11.1. The van der Waals surface area contributed by atoms with E-state index in [-0.39, 0.29) is 16.3 Å². The number of benzene rings is 1. The molecular weight excluding hydrogens is 194 g/mol. The van der Waals surface area contributed by atoms with Gasteiger partial charge in [0.05, 0.1) is 5.37 Å². The smallest absolute Gasteiger partial charge is 0.158 e. The molecule has 0 aliphatic carbocycles. The SMILES string of the molecule is CC(=O)C=S1c2ccccc2NC1C. The molecule has 0 radical (unpaired) electrons. The number of ketones is 1. The summed E-state index contributed by atoms with van der Waals surface area (Å²) < 4.78 is 0. The van der Waals surface area contributed by atoms with E-state index in [4.69, 9.17) is 0 Å². The Bertz CT molecular complexity index is 412. The molecule has 1 aromatic carbocycles. The molecule has 2 atom stereocenters. The Labute approximate surface area is 86.3 Å². The largest absolute Gasteiger partial charge is 0.373 e. The van der Waals surface area contributed by atoms with Crippen LogP contribution in [-0.4, -0.2) is 16.5 Å². The summed E-state index contributed by atoms with van der Waals surface area (Å²) in [7, 11) is -0.0627. The minimum atomic E-state index is -0.0627. The maximum Gasteiger partial charge on any atom is 0.158 e. The van der Waals surface area contributed by atoms with Gasteiger partial charge >= 0.3 is 0 Å². The van der Waals surface area contributed by atoms with E-state index in [1.807, 2.05) is 17.5 Å². The van der Waals surface area contributed by atoms with Gasteiger partial charge in [0.15, 0.2) is 5.78 Å². The zero-order chi connectivity index (χ0) is 10.1. The number of rotatable bonds is 1. The fraction of sp³-hybridized carbons (Fsp3) is 0.273. The molecule has 0 bridgehead atoms. The number of carbonyl (C=O) groups excluding carboxylic acids is 1. The molecule has 2 rings (SSSR count). The van der Waals surface area contributed by atoms with E-state index < -0.39 is 0 Å². The lowest BCUT2D eigenvalue weighted by molar-refractivity contribution is -0.110. The second-order valence-electron chi connectivity index (χ2n) is 3.38. The number of para-hydroxylation sites is 1. The van der Waals surface area contributed by atoms with Crippen LogP contribution >= 0.6 is 10.5 Å². The Morgan fingerprint density at radius 3 is 2.93 bits per heavy atom. The topological polar surface area (TPSA) is 29.1 Å².